The molecule has 1 saturated carbocycles. The molecule has 0 aliphatic heterocycles. The number of hydrogen-bond acceptors (Lipinski definition) is 2. The highest BCUT2D eigenvalue weighted by atomic mass is 32.1. The van der Waals surface area contributed by atoms with Crippen LogP contribution in [0.2, 0.25) is 0 Å². The number of benzene rings is 2. The molecule has 0 spiro atoms. The maximum Gasteiger partial charge on any atom is 0.336 e. The summed E-state index contributed by atoms with van der Waals surface area (Å²) < 4.78 is 28.1. The number of rotatable bonds is 4. The first-order valence-electron chi connectivity index (χ1n) is 7.97. The van der Waals surface area contributed by atoms with Crippen molar-refractivity contribution in [2.75, 3.05) is 0 Å². The van der Waals surface area contributed by atoms with E-state index in [0.29, 0.717) is 21.9 Å². The van der Waals surface area contributed by atoms with Crippen LogP contribution in [-0.4, -0.2) is 11.1 Å². The molecule has 2 aromatic carbocycles. The third kappa shape index (κ3) is 2.85. The highest BCUT2D eigenvalue weighted by Crippen LogP contribution is 2.50. The summed E-state index contributed by atoms with van der Waals surface area (Å²) >= 11 is 1.47. The van der Waals surface area contributed by atoms with Gasteiger partial charge in [0.05, 0.1) is 5.56 Å². The largest absolute Gasteiger partial charge is 0.478 e. The summed E-state index contributed by atoms with van der Waals surface area (Å²) in [4.78, 5) is 13.3. The zero-order valence-corrected chi connectivity index (χ0v) is 13.9. The maximum absolute atomic E-state index is 14.4. The number of carboxylic acid groups (broad SMARTS) is 1. The van der Waals surface area contributed by atoms with Crippen LogP contribution in [0.15, 0.2) is 48.5 Å². The van der Waals surface area contributed by atoms with Crippen LogP contribution < -0.4 is 0 Å². The van der Waals surface area contributed by atoms with Crippen LogP contribution in [0, 0.1) is 11.6 Å². The molecule has 0 saturated heterocycles. The molecule has 1 aliphatic carbocycles. The van der Waals surface area contributed by atoms with Gasteiger partial charge in [-0.3, -0.25) is 0 Å². The molecular formula is C20H14F2O2S. The van der Waals surface area contributed by atoms with Gasteiger partial charge in [0.25, 0.3) is 0 Å². The SMILES string of the molecule is O=C(O)c1ccccc1-c1sc(C2CC2)cc1-c1cccc(F)c1F. The van der Waals surface area contributed by atoms with Crippen LogP contribution in [0.3, 0.4) is 0 Å². The van der Waals surface area contributed by atoms with E-state index >= 15 is 0 Å². The summed E-state index contributed by atoms with van der Waals surface area (Å²) in [6.45, 7) is 0. The van der Waals surface area contributed by atoms with E-state index in [4.69, 9.17) is 0 Å². The number of halogens is 2. The zero-order chi connectivity index (χ0) is 17.6. The molecule has 0 radical (unpaired) electrons. The fourth-order valence-corrected chi connectivity index (χ4v) is 4.34. The Morgan fingerprint density at radius 3 is 2.44 bits per heavy atom. The standard InChI is InChI=1S/C20H14F2O2S/c21-16-7-3-6-12(18(16)22)15-10-17(11-8-9-11)25-19(15)13-4-1-2-5-14(13)20(23)24/h1-7,10-11H,8-9H2,(H,23,24). The van der Waals surface area contributed by atoms with Gasteiger partial charge in [-0.05, 0) is 37.0 Å². The van der Waals surface area contributed by atoms with Gasteiger partial charge in [0.15, 0.2) is 11.6 Å². The summed E-state index contributed by atoms with van der Waals surface area (Å²) in [5.41, 5.74) is 1.41. The predicted octanol–water partition coefficient (Wildman–Crippen LogP) is 5.94. The second kappa shape index (κ2) is 6.08. The Labute approximate surface area is 147 Å². The second-order valence-electron chi connectivity index (χ2n) is 6.12. The van der Waals surface area contributed by atoms with Gasteiger partial charge in [0.1, 0.15) is 0 Å². The van der Waals surface area contributed by atoms with E-state index in [2.05, 4.69) is 0 Å². The summed E-state index contributed by atoms with van der Waals surface area (Å²) in [5.74, 6) is -2.42. The second-order valence-corrected chi connectivity index (χ2v) is 7.20. The number of carboxylic acids is 1. The summed E-state index contributed by atoms with van der Waals surface area (Å²) in [5, 5.41) is 9.49. The van der Waals surface area contributed by atoms with E-state index in [9.17, 15) is 18.7 Å². The molecule has 1 aromatic heterocycles. The van der Waals surface area contributed by atoms with Crippen molar-refractivity contribution in [1.82, 2.24) is 0 Å². The van der Waals surface area contributed by atoms with Crippen LogP contribution in [0.5, 0.6) is 0 Å². The van der Waals surface area contributed by atoms with Gasteiger partial charge < -0.3 is 5.11 Å². The van der Waals surface area contributed by atoms with Gasteiger partial charge in [-0.25, -0.2) is 13.6 Å². The molecule has 0 atom stereocenters. The lowest BCUT2D eigenvalue weighted by atomic mass is 9.98. The molecule has 25 heavy (non-hydrogen) atoms. The molecular weight excluding hydrogens is 342 g/mol. The molecule has 1 N–H and O–H groups in total. The molecule has 4 rings (SSSR count). The number of hydrogen-bond donors (Lipinski definition) is 1. The minimum atomic E-state index is -1.04. The number of thiophene rings is 1. The first-order chi connectivity index (χ1) is 12.1. The number of carbonyl (C=O) groups is 1. The van der Waals surface area contributed by atoms with E-state index < -0.39 is 17.6 Å². The highest BCUT2D eigenvalue weighted by molar-refractivity contribution is 7.16. The Morgan fingerprint density at radius 1 is 1.00 bits per heavy atom. The smallest absolute Gasteiger partial charge is 0.336 e. The quantitative estimate of drug-likeness (QED) is 0.628. The molecule has 0 unspecified atom stereocenters. The molecule has 1 heterocycles. The van der Waals surface area contributed by atoms with Gasteiger partial charge in [-0.2, -0.15) is 0 Å². The van der Waals surface area contributed by atoms with Crippen molar-refractivity contribution in [2.24, 2.45) is 0 Å². The average Bonchev–Trinajstić information content (AvgIpc) is 3.37. The molecule has 5 heteroatoms. The van der Waals surface area contributed by atoms with Crippen LogP contribution in [0.25, 0.3) is 21.6 Å². The number of aromatic carboxylic acids is 1. The van der Waals surface area contributed by atoms with Crippen LogP contribution in [-0.2, 0) is 0 Å². The molecule has 126 valence electrons. The summed E-state index contributed by atoms with van der Waals surface area (Å²) in [6.07, 6.45) is 2.15. The normalized spacial score (nSPS) is 13.8. The Morgan fingerprint density at radius 2 is 1.72 bits per heavy atom. The summed E-state index contributed by atoms with van der Waals surface area (Å²) in [7, 11) is 0. The van der Waals surface area contributed by atoms with Gasteiger partial charge in [0.2, 0.25) is 0 Å². The van der Waals surface area contributed by atoms with Crippen molar-refractivity contribution in [2.45, 2.75) is 18.8 Å². The first-order valence-corrected chi connectivity index (χ1v) is 8.78. The monoisotopic (exact) mass is 356 g/mol. The summed E-state index contributed by atoms with van der Waals surface area (Å²) in [6, 6.07) is 12.6. The lowest BCUT2D eigenvalue weighted by Gasteiger charge is -2.08. The van der Waals surface area contributed by atoms with Crippen LogP contribution in [0.4, 0.5) is 8.78 Å². The third-order valence-electron chi connectivity index (χ3n) is 4.37. The molecule has 2 nitrogen and oxygen atoms in total. The van der Waals surface area contributed by atoms with Gasteiger partial charge in [-0.1, -0.05) is 30.3 Å². The Bertz CT molecular complexity index is 974. The van der Waals surface area contributed by atoms with Gasteiger partial charge >= 0.3 is 5.97 Å². The Balaban J connectivity index is 1.97. The maximum atomic E-state index is 14.4. The molecule has 0 bridgehead atoms. The molecule has 3 aromatic rings. The topological polar surface area (TPSA) is 37.3 Å². The minimum Gasteiger partial charge on any atom is -0.478 e. The van der Waals surface area contributed by atoms with Crippen molar-refractivity contribution >= 4 is 17.3 Å². The van der Waals surface area contributed by atoms with E-state index in [0.717, 1.165) is 23.8 Å². The minimum absolute atomic E-state index is 0.157. The van der Waals surface area contributed by atoms with E-state index in [-0.39, 0.29) is 11.1 Å². The third-order valence-corrected chi connectivity index (χ3v) is 5.71. The molecule has 1 aliphatic rings. The Kier molecular flexibility index (Phi) is 3.88. The van der Waals surface area contributed by atoms with Crippen molar-refractivity contribution in [3.05, 3.63) is 70.6 Å². The van der Waals surface area contributed by atoms with E-state index in [1.807, 2.05) is 6.07 Å². The van der Waals surface area contributed by atoms with Crippen molar-refractivity contribution in [3.8, 4) is 21.6 Å². The molecule has 0 amide bonds. The van der Waals surface area contributed by atoms with Crippen molar-refractivity contribution in [3.63, 3.8) is 0 Å². The average molecular weight is 356 g/mol. The highest BCUT2D eigenvalue weighted by Gasteiger charge is 2.29. The van der Waals surface area contributed by atoms with E-state index in [1.54, 1.807) is 18.2 Å². The first kappa shape index (κ1) is 16.0. The fraction of sp³-hybridized carbons (Fsp3) is 0.150. The lowest BCUT2D eigenvalue weighted by Crippen LogP contribution is -1.99. The molecule has 1 fully saturated rings. The van der Waals surface area contributed by atoms with Gasteiger partial charge in [0, 0.05) is 26.4 Å². The lowest BCUT2D eigenvalue weighted by molar-refractivity contribution is 0.0698. The Hall–Kier alpha value is -2.53. The fourth-order valence-electron chi connectivity index (χ4n) is 2.96. The van der Waals surface area contributed by atoms with Crippen LogP contribution >= 0.6 is 11.3 Å². The van der Waals surface area contributed by atoms with Crippen LogP contribution in [0.1, 0.15) is 34.0 Å². The van der Waals surface area contributed by atoms with Crippen molar-refractivity contribution in [1.29, 1.82) is 0 Å². The van der Waals surface area contributed by atoms with E-state index in [1.165, 1.54) is 29.5 Å². The van der Waals surface area contributed by atoms with Crippen molar-refractivity contribution < 1.29 is 18.7 Å². The predicted molar refractivity (Wildman–Crippen MR) is 94.0 cm³/mol. The zero-order valence-electron chi connectivity index (χ0n) is 13.1. The van der Waals surface area contributed by atoms with Gasteiger partial charge in [-0.15, -0.1) is 11.3 Å².